The zero-order chi connectivity index (χ0) is 13.8. The lowest BCUT2D eigenvalue weighted by atomic mass is 9.82. The van der Waals surface area contributed by atoms with E-state index in [9.17, 15) is 9.90 Å². The van der Waals surface area contributed by atoms with Gasteiger partial charge in [0, 0.05) is 19.0 Å². The van der Waals surface area contributed by atoms with Crippen molar-refractivity contribution in [3.8, 4) is 11.8 Å². The maximum Gasteiger partial charge on any atom is 0.254 e. The summed E-state index contributed by atoms with van der Waals surface area (Å²) in [5, 5.41) is 19.6. The second kappa shape index (κ2) is 6.20. The van der Waals surface area contributed by atoms with E-state index >= 15 is 0 Å². The van der Waals surface area contributed by atoms with Crippen LogP contribution in [0.5, 0.6) is 0 Å². The standard InChI is InChI=1S/C14H17NO3S/c1-15(8-10-5-12(17)6-10)14(18)11-7-13(19-9-11)3-2-4-16/h7,9-10,12,16-17H,4-6,8H2,1H3. The minimum Gasteiger partial charge on any atom is -0.393 e. The number of nitrogens with zero attached hydrogens (tertiary/aromatic N) is 1. The lowest BCUT2D eigenvalue weighted by Crippen LogP contribution is -2.39. The summed E-state index contributed by atoms with van der Waals surface area (Å²) in [5.74, 6) is 5.75. The molecule has 0 spiro atoms. The van der Waals surface area contributed by atoms with Gasteiger partial charge in [0.15, 0.2) is 0 Å². The van der Waals surface area contributed by atoms with Gasteiger partial charge in [0.05, 0.1) is 16.5 Å². The van der Waals surface area contributed by atoms with Crippen LogP contribution in [0.3, 0.4) is 0 Å². The monoisotopic (exact) mass is 279 g/mol. The fourth-order valence-electron chi connectivity index (χ4n) is 2.18. The first-order valence-electron chi connectivity index (χ1n) is 6.22. The Morgan fingerprint density at radius 2 is 2.32 bits per heavy atom. The summed E-state index contributed by atoms with van der Waals surface area (Å²) in [6.45, 7) is 0.508. The third-order valence-corrected chi connectivity index (χ3v) is 4.07. The van der Waals surface area contributed by atoms with Gasteiger partial charge in [-0.25, -0.2) is 0 Å². The van der Waals surface area contributed by atoms with Gasteiger partial charge in [-0.3, -0.25) is 4.79 Å². The average molecular weight is 279 g/mol. The highest BCUT2D eigenvalue weighted by Gasteiger charge is 2.29. The van der Waals surface area contributed by atoms with Gasteiger partial charge in [-0.2, -0.15) is 0 Å². The van der Waals surface area contributed by atoms with Crippen molar-refractivity contribution in [1.82, 2.24) is 4.90 Å². The zero-order valence-corrected chi connectivity index (χ0v) is 11.6. The lowest BCUT2D eigenvalue weighted by molar-refractivity contribution is 0.0265. The maximum atomic E-state index is 12.2. The Hall–Kier alpha value is -1.35. The quantitative estimate of drug-likeness (QED) is 0.809. The summed E-state index contributed by atoms with van der Waals surface area (Å²) >= 11 is 1.40. The number of rotatable bonds is 3. The summed E-state index contributed by atoms with van der Waals surface area (Å²) in [5.41, 5.74) is 0.634. The van der Waals surface area contributed by atoms with Crippen molar-refractivity contribution in [3.05, 3.63) is 21.9 Å². The first-order valence-corrected chi connectivity index (χ1v) is 7.10. The first kappa shape index (κ1) is 14.1. The number of aliphatic hydroxyl groups excluding tert-OH is 2. The summed E-state index contributed by atoms with van der Waals surface area (Å²) in [4.78, 5) is 14.6. The zero-order valence-electron chi connectivity index (χ0n) is 10.8. The third kappa shape index (κ3) is 3.57. The molecule has 1 aromatic rings. The molecule has 4 nitrogen and oxygen atoms in total. The molecule has 0 atom stereocenters. The molecule has 1 fully saturated rings. The second-order valence-corrected chi connectivity index (χ2v) is 5.75. The molecule has 0 radical (unpaired) electrons. The third-order valence-electron chi connectivity index (χ3n) is 3.23. The molecule has 5 heteroatoms. The molecule has 1 amide bonds. The normalized spacial score (nSPS) is 21.2. The van der Waals surface area contributed by atoms with Crippen LogP contribution >= 0.6 is 11.3 Å². The van der Waals surface area contributed by atoms with Crippen LogP contribution in [0.4, 0.5) is 0 Å². The molecule has 2 N–H and O–H groups in total. The van der Waals surface area contributed by atoms with Crippen LogP contribution in [-0.2, 0) is 0 Å². The van der Waals surface area contributed by atoms with Gasteiger partial charge >= 0.3 is 0 Å². The molecule has 1 aromatic heterocycles. The van der Waals surface area contributed by atoms with Gasteiger partial charge in [0.1, 0.15) is 6.61 Å². The van der Waals surface area contributed by atoms with Crippen LogP contribution in [0, 0.1) is 17.8 Å². The number of hydrogen-bond acceptors (Lipinski definition) is 4. The van der Waals surface area contributed by atoms with Crippen molar-refractivity contribution >= 4 is 17.2 Å². The van der Waals surface area contributed by atoms with Crippen LogP contribution < -0.4 is 0 Å². The Balaban J connectivity index is 1.93. The van der Waals surface area contributed by atoms with Crippen LogP contribution in [0.15, 0.2) is 11.4 Å². The van der Waals surface area contributed by atoms with E-state index in [-0.39, 0.29) is 18.6 Å². The van der Waals surface area contributed by atoms with Crippen molar-refractivity contribution in [2.24, 2.45) is 5.92 Å². The Morgan fingerprint density at radius 1 is 1.58 bits per heavy atom. The minimum absolute atomic E-state index is 0.0188. The molecule has 1 aliphatic rings. The molecule has 1 saturated carbocycles. The number of hydrogen-bond donors (Lipinski definition) is 2. The van der Waals surface area contributed by atoms with Crippen LogP contribution in [0.1, 0.15) is 28.1 Å². The highest BCUT2D eigenvalue weighted by atomic mass is 32.1. The van der Waals surface area contributed by atoms with Gasteiger partial charge in [-0.15, -0.1) is 11.3 Å². The molecule has 2 rings (SSSR count). The Labute approximate surface area is 116 Å². The molecule has 1 heterocycles. The summed E-state index contributed by atoms with van der Waals surface area (Å²) in [6, 6.07) is 1.75. The Bertz CT molecular complexity index is 508. The molecular formula is C14H17NO3S. The fraction of sp³-hybridized carbons (Fsp3) is 0.500. The van der Waals surface area contributed by atoms with Gasteiger partial charge < -0.3 is 15.1 Å². The Morgan fingerprint density at radius 3 is 2.95 bits per heavy atom. The number of carbonyl (C=O) groups is 1. The van der Waals surface area contributed by atoms with E-state index in [1.165, 1.54) is 11.3 Å². The van der Waals surface area contributed by atoms with Crippen LogP contribution in [0.25, 0.3) is 0 Å². The van der Waals surface area contributed by atoms with E-state index in [2.05, 4.69) is 11.8 Å². The second-order valence-electron chi connectivity index (χ2n) is 4.84. The highest BCUT2D eigenvalue weighted by molar-refractivity contribution is 7.10. The molecule has 102 valence electrons. The van der Waals surface area contributed by atoms with Crippen LogP contribution in [0.2, 0.25) is 0 Å². The van der Waals surface area contributed by atoms with Gasteiger partial charge in [0.25, 0.3) is 5.91 Å². The number of thiophene rings is 1. The van der Waals surface area contributed by atoms with Crippen molar-refractivity contribution in [3.63, 3.8) is 0 Å². The van der Waals surface area contributed by atoms with Crippen molar-refractivity contribution in [1.29, 1.82) is 0 Å². The maximum absolute atomic E-state index is 12.2. The average Bonchev–Trinajstić information content (AvgIpc) is 2.82. The molecule has 0 bridgehead atoms. The largest absolute Gasteiger partial charge is 0.393 e. The van der Waals surface area contributed by atoms with Crippen molar-refractivity contribution < 1.29 is 15.0 Å². The van der Waals surface area contributed by atoms with E-state index in [1.54, 1.807) is 23.4 Å². The van der Waals surface area contributed by atoms with Gasteiger partial charge in [-0.05, 0) is 24.8 Å². The predicted octanol–water partition coefficient (Wildman–Crippen LogP) is 0.935. The molecule has 0 unspecified atom stereocenters. The molecule has 0 aromatic carbocycles. The molecular weight excluding hydrogens is 262 g/mol. The van der Waals surface area contributed by atoms with Gasteiger partial charge in [-0.1, -0.05) is 11.8 Å². The fourth-order valence-corrected chi connectivity index (χ4v) is 2.93. The molecule has 0 aliphatic heterocycles. The predicted molar refractivity (Wildman–Crippen MR) is 74.0 cm³/mol. The van der Waals surface area contributed by atoms with E-state index in [4.69, 9.17) is 5.11 Å². The molecule has 0 saturated heterocycles. The SMILES string of the molecule is CN(CC1CC(O)C1)C(=O)c1csc(C#CCO)c1. The number of amides is 1. The summed E-state index contributed by atoms with van der Waals surface area (Å²) in [7, 11) is 1.78. The topological polar surface area (TPSA) is 60.8 Å². The highest BCUT2D eigenvalue weighted by Crippen LogP contribution is 2.28. The van der Waals surface area contributed by atoms with Crippen molar-refractivity contribution in [2.75, 3.05) is 20.2 Å². The van der Waals surface area contributed by atoms with E-state index < -0.39 is 0 Å². The number of aliphatic hydroxyl groups is 2. The summed E-state index contributed by atoms with van der Waals surface area (Å²) in [6.07, 6.45) is 1.39. The first-order chi connectivity index (χ1) is 9.10. The van der Waals surface area contributed by atoms with Crippen LogP contribution in [-0.4, -0.2) is 47.3 Å². The van der Waals surface area contributed by atoms with Gasteiger partial charge in [0.2, 0.25) is 0 Å². The summed E-state index contributed by atoms with van der Waals surface area (Å²) < 4.78 is 0. The van der Waals surface area contributed by atoms with Crippen molar-refractivity contribution in [2.45, 2.75) is 18.9 Å². The number of carbonyl (C=O) groups excluding carboxylic acids is 1. The van der Waals surface area contributed by atoms with E-state index in [0.29, 0.717) is 18.0 Å². The smallest absolute Gasteiger partial charge is 0.254 e. The molecule has 19 heavy (non-hydrogen) atoms. The van der Waals surface area contributed by atoms with E-state index in [0.717, 1.165) is 17.7 Å². The Kier molecular flexibility index (Phi) is 4.59. The van der Waals surface area contributed by atoms with E-state index in [1.807, 2.05) is 0 Å². The molecule has 1 aliphatic carbocycles. The lowest BCUT2D eigenvalue weighted by Gasteiger charge is -2.34. The minimum atomic E-state index is -0.185.